The summed E-state index contributed by atoms with van der Waals surface area (Å²) in [5.41, 5.74) is 0. The lowest BCUT2D eigenvalue weighted by atomic mass is 9.68. The Bertz CT molecular complexity index is 1060. The fourth-order valence-electron chi connectivity index (χ4n) is 8.06. The van der Waals surface area contributed by atoms with Crippen LogP contribution in [0.4, 0.5) is 0 Å². The van der Waals surface area contributed by atoms with E-state index in [1.54, 1.807) is 39.0 Å². The van der Waals surface area contributed by atoms with Crippen molar-refractivity contribution in [2.75, 3.05) is 6.61 Å². The Labute approximate surface area is 293 Å². The summed E-state index contributed by atoms with van der Waals surface area (Å²) in [6, 6.07) is 0. The second kappa shape index (κ2) is 21.4. The third-order valence-electron chi connectivity index (χ3n) is 10.3. The van der Waals surface area contributed by atoms with Gasteiger partial charge in [-0.3, -0.25) is 14.4 Å². The molecule has 10 heteroatoms. The van der Waals surface area contributed by atoms with Crippen molar-refractivity contribution in [3.8, 4) is 0 Å². The van der Waals surface area contributed by atoms with E-state index in [0.29, 0.717) is 35.7 Å². The summed E-state index contributed by atoms with van der Waals surface area (Å²) in [7, 11) is -4.15. The summed E-state index contributed by atoms with van der Waals surface area (Å²) in [5, 5.41) is -0.514. The quantitative estimate of drug-likeness (QED) is 0.0520. The number of hydrogen-bond donors (Lipinski definition) is 0. The van der Waals surface area contributed by atoms with E-state index in [2.05, 4.69) is 13.8 Å². The van der Waals surface area contributed by atoms with Crippen LogP contribution in [0.15, 0.2) is 35.5 Å². The van der Waals surface area contributed by atoms with Crippen molar-refractivity contribution >= 4 is 46.6 Å². The predicted molar refractivity (Wildman–Crippen MR) is 200 cm³/mol. The first-order valence-corrected chi connectivity index (χ1v) is 22.3. The van der Waals surface area contributed by atoms with Crippen LogP contribution in [0.1, 0.15) is 145 Å². The zero-order valence-corrected chi connectivity index (χ0v) is 35.3. The Kier molecular flexibility index (Phi) is 18.8. The van der Waals surface area contributed by atoms with Crippen molar-refractivity contribution in [1.29, 1.82) is 0 Å². The van der Waals surface area contributed by atoms with Crippen LogP contribution in [0.5, 0.6) is 0 Å². The number of allylic oxidation sites excluding steroid dienone is 6. The normalized spacial score (nSPS) is 28.1. The molecule has 2 atom stereocenters. The number of unbranched alkanes of at least 4 members (excludes halogenated alkanes) is 4. The van der Waals surface area contributed by atoms with Crippen molar-refractivity contribution in [1.82, 2.24) is 0 Å². The number of carbonyl (C=O) groups is 3. The average molecular weight is 707 g/mol. The molecular weight excluding hydrogens is 641 g/mol. The Morgan fingerprint density at radius 1 is 0.660 bits per heavy atom. The van der Waals surface area contributed by atoms with Crippen molar-refractivity contribution in [3.63, 3.8) is 0 Å². The summed E-state index contributed by atoms with van der Waals surface area (Å²) in [6.07, 6.45) is 21.7. The highest BCUT2D eigenvalue weighted by Crippen LogP contribution is 2.59. The van der Waals surface area contributed by atoms with E-state index in [1.807, 2.05) is 20.8 Å². The average Bonchev–Trinajstić information content (AvgIpc) is 3.00. The molecule has 2 fully saturated rings. The number of hydrogen-bond acceptors (Lipinski definition) is 7. The molecule has 47 heavy (non-hydrogen) atoms. The maximum Gasteiger partial charge on any atom is 0.250 e. The zero-order valence-electron chi connectivity index (χ0n) is 31.0. The van der Waals surface area contributed by atoms with Gasteiger partial charge >= 0.3 is 0 Å². The largest absolute Gasteiger partial charge is 0.552 e. The van der Waals surface area contributed by atoms with Crippen molar-refractivity contribution in [3.05, 3.63) is 35.5 Å². The minimum atomic E-state index is -1.39. The lowest BCUT2D eigenvalue weighted by Crippen LogP contribution is -2.63. The molecule has 0 saturated heterocycles. The predicted octanol–water partition coefficient (Wildman–Crippen LogP) is 6.97. The summed E-state index contributed by atoms with van der Waals surface area (Å²) in [6.45, 7) is 15.4. The molecule has 7 nitrogen and oxygen atoms in total. The molecule has 0 aromatic rings. The van der Waals surface area contributed by atoms with Gasteiger partial charge in [0.2, 0.25) is 19.5 Å². The first kappa shape index (κ1) is 41.4. The molecule has 0 aliphatic heterocycles. The fourth-order valence-corrected chi connectivity index (χ4v) is 15.7. The van der Waals surface area contributed by atoms with Crippen LogP contribution in [0.3, 0.4) is 0 Å². The van der Waals surface area contributed by atoms with E-state index in [9.17, 15) is 14.4 Å². The van der Waals surface area contributed by atoms with Crippen LogP contribution in [0, 0.1) is 17.8 Å². The van der Waals surface area contributed by atoms with Crippen LogP contribution >= 0.6 is 0 Å². The Hall–Kier alpha value is -1.76. The summed E-state index contributed by atoms with van der Waals surface area (Å²) in [5.74, 6) is 3.62. The molecule has 0 spiro atoms. The molecule has 0 heterocycles. The highest BCUT2D eigenvalue weighted by Gasteiger charge is 2.63. The van der Waals surface area contributed by atoms with E-state index in [1.165, 1.54) is 64.2 Å². The third-order valence-corrected chi connectivity index (χ3v) is 19.5. The Morgan fingerprint density at radius 2 is 1.17 bits per heavy atom. The molecular formula is C37H66O7Si3. The summed E-state index contributed by atoms with van der Waals surface area (Å²) >= 11 is 0. The first-order chi connectivity index (χ1) is 22.4. The van der Waals surface area contributed by atoms with Crippen LogP contribution in [0.2, 0.25) is 4.66 Å². The fraction of sp³-hybridized carbons (Fsp3) is 0.757. The molecule has 0 aromatic heterocycles. The Morgan fingerprint density at radius 3 is 1.66 bits per heavy atom. The van der Waals surface area contributed by atoms with E-state index >= 15 is 0 Å². The lowest BCUT2D eigenvalue weighted by Gasteiger charge is -2.58. The molecule has 0 radical (unpaired) electrons. The van der Waals surface area contributed by atoms with Crippen LogP contribution < -0.4 is 0 Å². The standard InChI is InChI=1S/C37H66O7Si3/c1-9-11-12-13-14-16-33-18-20-34(21-19-33)35-17-15-22-36(41-23-10-2,45-42-30(6)24-27(3)38)37(35,46-43-31(7)25-28(4)39)47-44-32(8)26-29(5)40/h24-26,33-35H,9-23,45-47H2,1-8H3/t33-,34-,35?,36?,37?. The van der Waals surface area contributed by atoms with Gasteiger partial charge in [-0.2, -0.15) is 0 Å². The maximum atomic E-state index is 12.0. The van der Waals surface area contributed by atoms with Gasteiger partial charge in [-0.25, -0.2) is 0 Å². The maximum absolute atomic E-state index is 12.0. The van der Waals surface area contributed by atoms with Gasteiger partial charge in [-0.15, -0.1) is 0 Å². The highest BCUT2D eigenvalue weighted by atomic mass is 28.3. The van der Waals surface area contributed by atoms with Gasteiger partial charge in [-0.1, -0.05) is 71.6 Å². The SMILES string of the molecule is CCCCCCC[C@H]1CC[C@H](C2CCCC(OCCC)([SiH2]OC(C)=CC(C)=O)C2([SiH2]OC(C)=CC(C)=O)[SiH2]OC(C)=CC(C)=O)CC1. The van der Waals surface area contributed by atoms with Crippen molar-refractivity contribution in [2.45, 2.75) is 155 Å². The molecule has 2 unspecified atom stereocenters. The van der Waals surface area contributed by atoms with Gasteiger partial charge in [-0.05, 0) is 91.4 Å². The van der Waals surface area contributed by atoms with Crippen LogP contribution in [-0.4, -0.2) is 58.5 Å². The van der Waals surface area contributed by atoms with Crippen LogP contribution in [0.25, 0.3) is 0 Å². The van der Waals surface area contributed by atoms with Gasteiger partial charge in [0.1, 0.15) is 0 Å². The molecule has 268 valence electrons. The number of rotatable bonds is 22. The molecule has 0 amide bonds. The van der Waals surface area contributed by atoms with Gasteiger partial charge in [0, 0.05) is 24.8 Å². The molecule has 0 aromatic carbocycles. The minimum absolute atomic E-state index is 0.0244. The van der Waals surface area contributed by atoms with E-state index < -0.39 is 34.5 Å². The molecule has 2 aliphatic rings. The molecule has 2 aliphatic carbocycles. The summed E-state index contributed by atoms with van der Waals surface area (Å²) in [4.78, 5) is 36.0. The van der Waals surface area contributed by atoms with Gasteiger partial charge < -0.3 is 18.0 Å². The van der Waals surface area contributed by atoms with E-state index in [4.69, 9.17) is 18.0 Å². The molecule has 2 rings (SSSR count). The zero-order chi connectivity index (χ0) is 34.9. The molecule has 0 bridgehead atoms. The topological polar surface area (TPSA) is 88.1 Å². The first-order valence-electron chi connectivity index (χ1n) is 18.5. The van der Waals surface area contributed by atoms with Gasteiger partial charge in [0.25, 0.3) is 9.76 Å². The van der Waals surface area contributed by atoms with E-state index in [-0.39, 0.29) is 22.0 Å². The van der Waals surface area contributed by atoms with Crippen molar-refractivity contribution < 1.29 is 32.4 Å². The van der Waals surface area contributed by atoms with Gasteiger partial charge in [0.05, 0.1) is 27.2 Å². The Balaban J connectivity index is 2.57. The second-order valence-electron chi connectivity index (χ2n) is 14.4. The van der Waals surface area contributed by atoms with Crippen LogP contribution in [-0.2, 0) is 32.4 Å². The van der Waals surface area contributed by atoms with Crippen molar-refractivity contribution in [2.24, 2.45) is 17.8 Å². The summed E-state index contributed by atoms with van der Waals surface area (Å²) < 4.78 is 26.8. The smallest absolute Gasteiger partial charge is 0.250 e. The van der Waals surface area contributed by atoms with Gasteiger partial charge in [0.15, 0.2) is 17.3 Å². The monoisotopic (exact) mass is 706 g/mol. The lowest BCUT2D eigenvalue weighted by molar-refractivity contribution is -0.113. The minimum Gasteiger partial charge on any atom is -0.552 e. The van der Waals surface area contributed by atoms with E-state index in [0.717, 1.165) is 31.6 Å². The molecule has 0 N–H and O–H groups in total. The molecule has 2 saturated carbocycles. The number of ether oxygens (including phenoxy) is 1. The number of carbonyl (C=O) groups excluding carboxylic acids is 3. The second-order valence-corrected chi connectivity index (χ2v) is 20.8. The third kappa shape index (κ3) is 13.6. The number of ketones is 3. The highest BCUT2D eigenvalue weighted by molar-refractivity contribution is 6.60.